The summed E-state index contributed by atoms with van der Waals surface area (Å²) >= 11 is 1.47. The van der Waals surface area contributed by atoms with Gasteiger partial charge in [-0.25, -0.2) is 4.98 Å². The fourth-order valence-electron chi connectivity index (χ4n) is 1.31. The van der Waals surface area contributed by atoms with Crippen LogP contribution in [0.15, 0.2) is 22.1 Å². The SMILES string of the molecule is CCNC(C)(CCSc1ncco1)C(N)=O. The summed E-state index contributed by atoms with van der Waals surface area (Å²) in [5.41, 5.74) is 4.71. The van der Waals surface area contributed by atoms with Crippen LogP contribution in [-0.2, 0) is 4.79 Å². The van der Waals surface area contributed by atoms with Gasteiger partial charge in [-0.2, -0.15) is 0 Å². The van der Waals surface area contributed by atoms with Crippen LogP contribution in [0.1, 0.15) is 20.3 Å². The van der Waals surface area contributed by atoms with Crippen molar-refractivity contribution in [3.8, 4) is 0 Å². The molecule has 3 N–H and O–H groups in total. The number of thioether (sulfide) groups is 1. The summed E-state index contributed by atoms with van der Waals surface area (Å²) in [4.78, 5) is 15.3. The highest BCUT2D eigenvalue weighted by molar-refractivity contribution is 7.99. The van der Waals surface area contributed by atoms with Gasteiger partial charge in [0.25, 0.3) is 5.22 Å². The predicted octanol–water partition coefficient (Wildman–Crippen LogP) is 1.01. The maximum atomic E-state index is 11.3. The van der Waals surface area contributed by atoms with Crippen LogP contribution in [0, 0.1) is 0 Å². The van der Waals surface area contributed by atoms with Gasteiger partial charge >= 0.3 is 0 Å². The first-order valence-corrected chi connectivity index (χ1v) is 6.14. The Hall–Kier alpha value is -1.01. The van der Waals surface area contributed by atoms with E-state index < -0.39 is 5.54 Å². The van der Waals surface area contributed by atoms with Crippen LogP contribution in [0.4, 0.5) is 0 Å². The third kappa shape index (κ3) is 3.53. The zero-order valence-electron chi connectivity index (χ0n) is 9.53. The number of rotatable bonds is 7. The monoisotopic (exact) mass is 243 g/mol. The van der Waals surface area contributed by atoms with Crippen LogP contribution in [0.25, 0.3) is 0 Å². The molecule has 16 heavy (non-hydrogen) atoms. The van der Waals surface area contributed by atoms with E-state index in [0.717, 1.165) is 5.75 Å². The lowest BCUT2D eigenvalue weighted by molar-refractivity contribution is -0.123. The van der Waals surface area contributed by atoms with Crippen molar-refractivity contribution in [3.05, 3.63) is 12.5 Å². The van der Waals surface area contributed by atoms with Gasteiger partial charge in [-0.1, -0.05) is 18.7 Å². The summed E-state index contributed by atoms with van der Waals surface area (Å²) < 4.78 is 5.08. The topological polar surface area (TPSA) is 81.2 Å². The average molecular weight is 243 g/mol. The molecule has 6 heteroatoms. The summed E-state index contributed by atoms with van der Waals surface area (Å²) in [5.74, 6) is 0.398. The van der Waals surface area contributed by atoms with Crippen LogP contribution in [-0.4, -0.2) is 28.7 Å². The molecular weight excluding hydrogens is 226 g/mol. The van der Waals surface area contributed by atoms with Crippen molar-refractivity contribution in [2.24, 2.45) is 5.73 Å². The number of carbonyl (C=O) groups excluding carboxylic acids is 1. The van der Waals surface area contributed by atoms with Crippen LogP contribution in [0.3, 0.4) is 0 Å². The molecule has 0 aromatic carbocycles. The number of carbonyl (C=O) groups is 1. The molecule has 0 saturated carbocycles. The molecule has 0 aliphatic rings. The van der Waals surface area contributed by atoms with Crippen molar-refractivity contribution < 1.29 is 9.21 Å². The average Bonchev–Trinajstić information content (AvgIpc) is 2.70. The minimum Gasteiger partial charge on any atom is -0.440 e. The van der Waals surface area contributed by atoms with E-state index in [1.807, 2.05) is 13.8 Å². The number of amides is 1. The van der Waals surface area contributed by atoms with Gasteiger partial charge in [-0.15, -0.1) is 0 Å². The zero-order chi connectivity index (χ0) is 12.0. The van der Waals surface area contributed by atoms with E-state index in [0.29, 0.717) is 18.2 Å². The Bertz CT molecular complexity index is 329. The number of nitrogens with one attached hydrogen (secondary N) is 1. The fraction of sp³-hybridized carbons (Fsp3) is 0.600. The quantitative estimate of drug-likeness (QED) is 0.698. The number of oxazole rings is 1. The molecule has 0 fully saturated rings. The Morgan fingerprint density at radius 2 is 2.50 bits per heavy atom. The van der Waals surface area contributed by atoms with E-state index in [2.05, 4.69) is 10.3 Å². The van der Waals surface area contributed by atoms with E-state index in [9.17, 15) is 4.79 Å². The van der Waals surface area contributed by atoms with Crippen molar-refractivity contribution in [1.29, 1.82) is 0 Å². The summed E-state index contributed by atoms with van der Waals surface area (Å²) in [6.45, 7) is 4.47. The lowest BCUT2D eigenvalue weighted by Crippen LogP contribution is -2.53. The molecule has 5 nitrogen and oxygen atoms in total. The van der Waals surface area contributed by atoms with Crippen molar-refractivity contribution in [1.82, 2.24) is 10.3 Å². The van der Waals surface area contributed by atoms with Gasteiger partial charge in [0.15, 0.2) is 0 Å². The second kappa shape index (κ2) is 5.91. The minimum absolute atomic E-state index is 0.331. The molecule has 1 aromatic rings. The largest absolute Gasteiger partial charge is 0.440 e. The number of hydrogen-bond donors (Lipinski definition) is 2. The molecule has 0 radical (unpaired) electrons. The van der Waals surface area contributed by atoms with Gasteiger partial charge in [0.2, 0.25) is 5.91 Å². The van der Waals surface area contributed by atoms with Gasteiger partial charge in [-0.05, 0) is 19.9 Å². The highest BCUT2D eigenvalue weighted by Gasteiger charge is 2.29. The predicted molar refractivity (Wildman–Crippen MR) is 63.1 cm³/mol. The molecule has 1 heterocycles. The number of likely N-dealkylation sites (N-methyl/N-ethyl adjacent to an activating group) is 1. The Morgan fingerprint density at radius 3 is 3.00 bits per heavy atom. The Kier molecular flexibility index (Phi) is 4.82. The summed E-state index contributed by atoms with van der Waals surface area (Å²) in [6.07, 6.45) is 3.77. The first kappa shape index (κ1) is 13.1. The van der Waals surface area contributed by atoms with Crippen molar-refractivity contribution in [2.45, 2.75) is 31.0 Å². The third-order valence-corrected chi connectivity index (χ3v) is 3.20. The van der Waals surface area contributed by atoms with E-state index in [1.165, 1.54) is 18.0 Å². The first-order chi connectivity index (χ1) is 7.58. The smallest absolute Gasteiger partial charge is 0.255 e. The Balaban J connectivity index is 2.41. The normalized spacial score (nSPS) is 14.6. The number of nitrogens with two attached hydrogens (primary N) is 1. The minimum atomic E-state index is -0.658. The molecule has 1 unspecified atom stereocenters. The van der Waals surface area contributed by atoms with Crippen LogP contribution in [0.2, 0.25) is 0 Å². The van der Waals surface area contributed by atoms with E-state index in [1.54, 1.807) is 6.20 Å². The van der Waals surface area contributed by atoms with Gasteiger partial charge in [-0.3, -0.25) is 4.79 Å². The molecule has 0 bridgehead atoms. The van der Waals surface area contributed by atoms with Gasteiger partial charge < -0.3 is 15.5 Å². The third-order valence-electron chi connectivity index (χ3n) is 2.35. The van der Waals surface area contributed by atoms with Crippen molar-refractivity contribution in [3.63, 3.8) is 0 Å². The molecule has 1 rings (SSSR count). The Morgan fingerprint density at radius 1 is 1.75 bits per heavy atom. The highest BCUT2D eigenvalue weighted by Crippen LogP contribution is 2.20. The van der Waals surface area contributed by atoms with E-state index in [4.69, 9.17) is 10.2 Å². The molecule has 90 valence electrons. The van der Waals surface area contributed by atoms with Crippen molar-refractivity contribution >= 4 is 17.7 Å². The van der Waals surface area contributed by atoms with E-state index >= 15 is 0 Å². The second-order valence-electron chi connectivity index (χ2n) is 3.62. The van der Waals surface area contributed by atoms with Gasteiger partial charge in [0, 0.05) is 5.75 Å². The molecule has 0 saturated heterocycles. The molecule has 1 aromatic heterocycles. The fourth-order valence-corrected chi connectivity index (χ4v) is 2.26. The second-order valence-corrected chi connectivity index (χ2v) is 4.67. The standard InChI is InChI=1S/C10H17N3O2S/c1-3-13-10(2,8(11)14)4-7-16-9-12-5-6-15-9/h5-6,13H,3-4,7H2,1-2H3,(H2,11,14). The van der Waals surface area contributed by atoms with Gasteiger partial charge in [0.05, 0.1) is 11.7 Å². The summed E-state index contributed by atoms with van der Waals surface area (Å²) in [6, 6.07) is 0. The number of hydrogen-bond acceptors (Lipinski definition) is 5. The zero-order valence-corrected chi connectivity index (χ0v) is 10.3. The maximum absolute atomic E-state index is 11.3. The molecule has 0 spiro atoms. The highest BCUT2D eigenvalue weighted by atomic mass is 32.2. The molecule has 1 atom stereocenters. The van der Waals surface area contributed by atoms with Crippen molar-refractivity contribution in [2.75, 3.05) is 12.3 Å². The Labute approximate surface area is 99.2 Å². The van der Waals surface area contributed by atoms with Gasteiger partial charge in [0.1, 0.15) is 6.26 Å². The number of nitrogens with zero attached hydrogens (tertiary/aromatic N) is 1. The summed E-state index contributed by atoms with van der Waals surface area (Å²) in [5, 5.41) is 3.71. The maximum Gasteiger partial charge on any atom is 0.255 e. The lowest BCUT2D eigenvalue weighted by Gasteiger charge is -2.26. The van der Waals surface area contributed by atoms with Crippen LogP contribution < -0.4 is 11.1 Å². The molecule has 1 amide bonds. The van der Waals surface area contributed by atoms with E-state index in [-0.39, 0.29) is 5.91 Å². The summed E-state index contributed by atoms with van der Waals surface area (Å²) in [7, 11) is 0. The number of aromatic nitrogens is 1. The first-order valence-electron chi connectivity index (χ1n) is 5.15. The molecular formula is C10H17N3O2S. The molecule has 0 aliphatic heterocycles. The lowest BCUT2D eigenvalue weighted by atomic mass is 9.98. The number of primary amides is 1. The molecule has 0 aliphatic carbocycles. The van der Waals surface area contributed by atoms with Crippen LogP contribution in [0.5, 0.6) is 0 Å². The van der Waals surface area contributed by atoms with Crippen LogP contribution >= 0.6 is 11.8 Å².